The first-order chi connectivity index (χ1) is 8.50. The standard InChI is InChI=1S/C14H18BrF2N/c1-9(2)13-4-3-7-18(13)8-10-12(16)6-5-11(15)14(10)17/h5-6,9,13H,3-4,7-8H2,1-2H3. The molecule has 1 aliphatic heterocycles. The van der Waals surface area contributed by atoms with Gasteiger partial charge >= 0.3 is 0 Å². The smallest absolute Gasteiger partial charge is 0.144 e. The van der Waals surface area contributed by atoms with Gasteiger partial charge in [0.15, 0.2) is 0 Å². The van der Waals surface area contributed by atoms with Crippen molar-refractivity contribution in [2.24, 2.45) is 5.92 Å². The van der Waals surface area contributed by atoms with Crippen LogP contribution in [0.25, 0.3) is 0 Å². The molecule has 1 aliphatic rings. The van der Waals surface area contributed by atoms with Gasteiger partial charge in [-0.15, -0.1) is 0 Å². The van der Waals surface area contributed by atoms with Crippen LogP contribution in [0, 0.1) is 17.6 Å². The third kappa shape index (κ3) is 2.75. The summed E-state index contributed by atoms with van der Waals surface area (Å²) in [5, 5.41) is 0. The van der Waals surface area contributed by atoms with Gasteiger partial charge in [-0.1, -0.05) is 13.8 Å². The van der Waals surface area contributed by atoms with Crippen molar-refractivity contribution in [3.8, 4) is 0 Å². The Kier molecular flexibility index (Phi) is 4.38. The highest BCUT2D eigenvalue weighted by molar-refractivity contribution is 9.10. The van der Waals surface area contributed by atoms with Gasteiger partial charge in [0.05, 0.1) is 4.47 Å². The zero-order valence-corrected chi connectivity index (χ0v) is 12.3. The highest BCUT2D eigenvalue weighted by Crippen LogP contribution is 2.28. The Morgan fingerprint density at radius 2 is 2.11 bits per heavy atom. The van der Waals surface area contributed by atoms with Crippen molar-refractivity contribution in [2.45, 2.75) is 39.3 Å². The number of hydrogen-bond acceptors (Lipinski definition) is 1. The first-order valence-corrected chi connectivity index (χ1v) is 7.16. The number of nitrogens with zero attached hydrogens (tertiary/aromatic N) is 1. The minimum absolute atomic E-state index is 0.178. The summed E-state index contributed by atoms with van der Waals surface area (Å²) < 4.78 is 28.0. The van der Waals surface area contributed by atoms with Crippen LogP contribution in [-0.4, -0.2) is 17.5 Å². The van der Waals surface area contributed by atoms with Crippen LogP contribution in [0.5, 0.6) is 0 Å². The molecular formula is C14H18BrF2N. The van der Waals surface area contributed by atoms with Crippen molar-refractivity contribution in [1.82, 2.24) is 4.90 Å². The molecule has 1 heterocycles. The lowest BCUT2D eigenvalue weighted by atomic mass is 10.0. The molecule has 0 radical (unpaired) electrons. The third-order valence-electron chi connectivity index (χ3n) is 3.68. The van der Waals surface area contributed by atoms with Crippen molar-refractivity contribution in [3.63, 3.8) is 0 Å². The van der Waals surface area contributed by atoms with E-state index >= 15 is 0 Å². The molecule has 2 rings (SSSR count). The first-order valence-electron chi connectivity index (χ1n) is 6.37. The zero-order valence-electron chi connectivity index (χ0n) is 10.7. The van der Waals surface area contributed by atoms with Gasteiger partial charge in [-0.05, 0) is 53.4 Å². The summed E-state index contributed by atoms with van der Waals surface area (Å²) in [5.74, 6) is -0.403. The summed E-state index contributed by atoms with van der Waals surface area (Å²) in [6.07, 6.45) is 2.23. The number of hydrogen-bond donors (Lipinski definition) is 0. The van der Waals surface area contributed by atoms with E-state index in [4.69, 9.17) is 0 Å². The van der Waals surface area contributed by atoms with Crippen molar-refractivity contribution < 1.29 is 8.78 Å². The first kappa shape index (κ1) is 13.9. The molecule has 1 atom stereocenters. The van der Waals surface area contributed by atoms with Gasteiger partial charge in [0.2, 0.25) is 0 Å². The lowest BCUT2D eigenvalue weighted by Crippen LogP contribution is -2.33. The third-order valence-corrected chi connectivity index (χ3v) is 4.30. The van der Waals surface area contributed by atoms with Crippen LogP contribution in [-0.2, 0) is 6.54 Å². The monoisotopic (exact) mass is 317 g/mol. The van der Waals surface area contributed by atoms with E-state index in [1.165, 1.54) is 12.1 Å². The Morgan fingerprint density at radius 3 is 2.78 bits per heavy atom. The number of halogens is 3. The predicted molar refractivity (Wildman–Crippen MR) is 72.3 cm³/mol. The van der Waals surface area contributed by atoms with Gasteiger partial charge in [-0.2, -0.15) is 0 Å². The molecule has 4 heteroatoms. The topological polar surface area (TPSA) is 3.24 Å². The predicted octanol–water partition coefficient (Wildman–Crippen LogP) is 4.35. The molecule has 0 aliphatic carbocycles. The van der Waals surface area contributed by atoms with E-state index in [1.807, 2.05) is 0 Å². The van der Waals surface area contributed by atoms with Crippen molar-refractivity contribution in [2.75, 3.05) is 6.54 Å². The maximum absolute atomic E-state index is 13.9. The number of rotatable bonds is 3. The van der Waals surface area contributed by atoms with E-state index in [0.717, 1.165) is 19.4 Å². The van der Waals surface area contributed by atoms with Gasteiger partial charge in [0.1, 0.15) is 11.6 Å². The van der Waals surface area contributed by atoms with E-state index in [0.29, 0.717) is 23.0 Å². The van der Waals surface area contributed by atoms with Crippen molar-refractivity contribution in [1.29, 1.82) is 0 Å². The zero-order chi connectivity index (χ0) is 13.3. The Morgan fingerprint density at radius 1 is 1.39 bits per heavy atom. The van der Waals surface area contributed by atoms with Crippen LogP contribution >= 0.6 is 15.9 Å². The van der Waals surface area contributed by atoms with E-state index in [1.54, 1.807) is 0 Å². The Bertz CT molecular complexity index is 434. The molecule has 1 saturated heterocycles. The Balaban J connectivity index is 2.21. The Labute approximate surface area is 115 Å². The second-order valence-electron chi connectivity index (χ2n) is 5.25. The van der Waals surface area contributed by atoms with E-state index < -0.39 is 11.6 Å². The van der Waals surface area contributed by atoms with E-state index in [2.05, 4.69) is 34.7 Å². The van der Waals surface area contributed by atoms with Crippen LogP contribution < -0.4 is 0 Å². The molecule has 0 saturated carbocycles. The largest absolute Gasteiger partial charge is 0.296 e. The van der Waals surface area contributed by atoms with E-state index in [9.17, 15) is 8.78 Å². The van der Waals surface area contributed by atoms with Gasteiger partial charge < -0.3 is 0 Å². The highest BCUT2D eigenvalue weighted by Gasteiger charge is 2.28. The average molecular weight is 318 g/mol. The van der Waals surface area contributed by atoms with Crippen LogP contribution in [0.4, 0.5) is 8.78 Å². The SMILES string of the molecule is CC(C)C1CCCN1Cc1c(F)ccc(Br)c1F. The van der Waals surface area contributed by atoms with Crippen LogP contribution in [0.15, 0.2) is 16.6 Å². The fourth-order valence-corrected chi connectivity index (χ4v) is 3.09. The highest BCUT2D eigenvalue weighted by atomic mass is 79.9. The lowest BCUT2D eigenvalue weighted by Gasteiger charge is -2.27. The maximum Gasteiger partial charge on any atom is 0.144 e. The summed E-state index contributed by atoms with van der Waals surface area (Å²) in [4.78, 5) is 2.19. The minimum Gasteiger partial charge on any atom is -0.296 e. The second kappa shape index (κ2) is 5.66. The molecule has 1 fully saturated rings. The molecule has 1 aromatic rings. The summed E-state index contributed by atoms with van der Waals surface area (Å²) in [5.41, 5.74) is 0.178. The van der Waals surface area contributed by atoms with Crippen LogP contribution in [0.2, 0.25) is 0 Å². The van der Waals surface area contributed by atoms with Gasteiger partial charge in [0, 0.05) is 18.2 Å². The quantitative estimate of drug-likeness (QED) is 0.749. The van der Waals surface area contributed by atoms with Crippen molar-refractivity contribution in [3.05, 3.63) is 33.8 Å². The summed E-state index contributed by atoms with van der Waals surface area (Å²) >= 11 is 3.11. The molecule has 0 N–H and O–H groups in total. The average Bonchev–Trinajstić information content (AvgIpc) is 2.78. The second-order valence-corrected chi connectivity index (χ2v) is 6.10. The normalized spacial score (nSPS) is 20.9. The van der Waals surface area contributed by atoms with Gasteiger partial charge in [-0.25, -0.2) is 8.78 Å². The molecule has 100 valence electrons. The minimum atomic E-state index is -0.468. The van der Waals surface area contributed by atoms with Gasteiger partial charge in [-0.3, -0.25) is 4.90 Å². The molecule has 1 aromatic carbocycles. The molecule has 0 spiro atoms. The number of benzene rings is 1. The molecule has 1 unspecified atom stereocenters. The molecule has 0 aromatic heterocycles. The number of likely N-dealkylation sites (tertiary alicyclic amines) is 1. The van der Waals surface area contributed by atoms with Crippen LogP contribution in [0.1, 0.15) is 32.3 Å². The molecule has 0 amide bonds. The van der Waals surface area contributed by atoms with Crippen molar-refractivity contribution >= 4 is 15.9 Å². The Hall–Kier alpha value is -0.480. The summed E-state index contributed by atoms with van der Waals surface area (Å²) in [7, 11) is 0. The summed E-state index contributed by atoms with van der Waals surface area (Å²) in [6, 6.07) is 3.17. The summed E-state index contributed by atoms with van der Waals surface area (Å²) in [6.45, 7) is 5.61. The fraction of sp³-hybridized carbons (Fsp3) is 0.571. The van der Waals surface area contributed by atoms with Crippen LogP contribution in [0.3, 0.4) is 0 Å². The lowest BCUT2D eigenvalue weighted by molar-refractivity contribution is 0.194. The molecular weight excluding hydrogens is 300 g/mol. The fourth-order valence-electron chi connectivity index (χ4n) is 2.72. The van der Waals surface area contributed by atoms with E-state index in [-0.39, 0.29) is 5.56 Å². The molecule has 1 nitrogen and oxygen atoms in total. The molecule has 0 bridgehead atoms. The van der Waals surface area contributed by atoms with Gasteiger partial charge in [0.25, 0.3) is 0 Å². The maximum atomic E-state index is 13.9. The molecule has 18 heavy (non-hydrogen) atoms.